The minimum absolute atomic E-state index is 0.174. The van der Waals surface area contributed by atoms with Crippen molar-refractivity contribution in [2.45, 2.75) is 58.2 Å². The molecule has 0 radical (unpaired) electrons. The van der Waals surface area contributed by atoms with Crippen molar-refractivity contribution < 1.29 is 15.3 Å². The van der Waals surface area contributed by atoms with Gasteiger partial charge in [-0.3, -0.25) is 5.26 Å². The molecule has 2 N–H and O–H groups in total. The quantitative estimate of drug-likeness (QED) is 0.452. The second kappa shape index (κ2) is 4.95. The zero-order valence-corrected chi connectivity index (χ0v) is 11.7. The Balaban J connectivity index is 2.31. The van der Waals surface area contributed by atoms with E-state index in [1.807, 2.05) is 13.8 Å². The van der Waals surface area contributed by atoms with Gasteiger partial charge in [-0.1, -0.05) is 19.9 Å². The SMILES string of the molecule is C=C1CC[C@@H]2[C@H]([C@@H]1OO)[C@H](C(C)(C)O)CC[C@H]2C. The highest BCUT2D eigenvalue weighted by Gasteiger charge is 2.50. The second-order valence-electron chi connectivity index (χ2n) is 6.78. The first-order chi connectivity index (χ1) is 8.36. The van der Waals surface area contributed by atoms with Crippen molar-refractivity contribution in [3.8, 4) is 0 Å². The van der Waals surface area contributed by atoms with E-state index in [9.17, 15) is 10.4 Å². The van der Waals surface area contributed by atoms with Crippen molar-refractivity contribution in [3.63, 3.8) is 0 Å². The average Bonchev–Trinajstić information content (AvgIpc) is 2.27. The average molecular weight is 254 g/mol. The molecule has 2 saturated carbocycles. The van der Waals surface area contributed by atoms with Gasteiger partial charge in [-0.25, -0.2) is 4.89 Å². The zero-order valence-electron chi connectivity index (χ0n) is 11.7. The van der Waals surface area contributed by atoms with Crippen LogP contribution in [0.15, 0.2) is 12.2 Å². The van der Waals surface area contributed by atoms with Gasteiger partial charge in [-0.2, -0.15) is 0 Å². The van der Waals surface area contributed by atoms with Gasteiger partial charge in [0, 0.05) is 5.92 Å². The Morgan fingerprint density at radius 1 is 1.28 bits per heavy atom. The molecule has 0 saturated heterocycles. The maximum Gasteiger partial charge on any atom is 0.117 e. The molecule has 0 aliphatic heterocycles. The third-order valence-electron chi connectivity index (χ3n) is 5.19. The molecular weight excluding hydrogens is 228 g/mol. The summed E-state index contributed by atoms with van der Waals surface area (Å²) < 4.78 is 0. The summed E-state index contributed by atoms with van der Waals surface area (Å²) in [6.45, 7) is 10.1. The number of aliphatic hydroxyl groups is 1. The number of fused-ring (bicyclic) bond motifs is 1. The fraction of sp³-hybridized carbons (Fsp3) is 0.867. The second-order valence-corrected chi connectivity index (χ2v) is 6.78. The number of rotatable bonds is 2. The monoisotopic (exact) mass is 254 g/mol. The highest BCUT2D eigenvalue weighted by Crippen LogP contribution is 2.51. The first kappa shape index (κ1) is 14.0. The van der Waals surface area contributed by atoms with Crippen LogP contribution in [0.2, 0.25) is 0 Å². The highest BCUT2D eigenvalue weighted by molar-refractivity contribution is 5.13. The molecule has 0 unspecified atom stereocenters. The summed E-state index contributed by atoms with van der Waals surface area (Å²) in [5, 5.41) is 19.6. The van der Waals surface area contributed by atoms with E-state index in [0.717, 1.165) is 31.3 Å². The lowest BCUT2D eigenvalue weighted by Crippen LogP contribution is -2.51. The molecule has 5 atom stereocenters. The van der Waals surface area contributed by atoms with Crippen molar-refractivity contribution in [2.75, 3.05) is 0 Å². The van der Waals surface area contributed by atoms with Crippen LogP contribution in [0.3, 0.4) is 0 Å². The smallest absolute Gasteiger partial charge is 0.117 e. The van der Waals surface area contributed by atoms with E-state index in [1.54, 1.807) is 0 Å². The molecule has 0 aromatic carbocycles. The summed E-state index contributed by atoms with van der Waals surface area (Å²) in [5.74, 6) is 1.53. The third kappa shape index (κ3) is 2.36. The maximum absolute atomic E-state index is 10.4. The van der Waals surface area contributed by atoms with Crippen molar-refractivity contribution in [2.24, 2.45) is 23.7 Å². The Morgan fingerprint density at radius 2 is 1.94 bits per heavy atom. The molecule has 18 heavy (non-hydrogen) atoms. The molecular formula is C15H26O3. The Kier molecular flexibility index (Phi) is 3.86. The molecule has 3 nitrogen and oxygen atoms in total. The summed E-state index contributed by atoms with van der Waals surface area (Å²) in [6.07, 6.45) is 3.88. The topological polar surface area (TPSA) is 49.7 Å². The molecule has 0 aromatic rings. The molecule has 2 rings (SSSR count). The van der Waals surface area contributed by atoms with E-state index >= 15 is 0 Å². The van der Waals surface area contributed by atoms with Crippen LogP contribution in [0, 0.1) is 23.7 Å². The Morgan fingerprint density at radius 3 is 2.50 bits per heavy atom. The standard InChI is InChI=1S/C15H26O3/c1-9-6-8-12(15(3,4)16)13-11(9)7-5-10(2)14(13)18-17/h9,11-14,16-17H,2,5-8H2,1,3-4H3/t9-,11+,12-,13+,14-/m1/s1. The fourth-order valence-electron chi connectivity index (χ4n) is 4.17. The number of hydrogen-bond acceptors (Lipinski definition) is 3. The van der Waals surface area contributed by atoms with Crippen molar-refractivity contribution in [1.82, 2.24) is 0 Å². The van der Waals surface area contributed by atoms with Gasteiger partial charge < -0.3 is 5.11 Å². The van der Waals surface area contributed by atoms with Crippen molar-refractivity contribution in [1.29, 1.82) is 0 Å². The summed E-state index contributed by atoms with van der Waals surface area (Å²) in [5.41, 5.74) is 0.249. The molecule has 2 fully saturated rings. The van der Waals surface area contributed by atoms with E-state index in [-0.39, 0.29) is 17.9 Å². The molecule has 3 heteroatoms. The normalized spacial score (nSPS) is 41.6. The van der Waals surface area contributed by atoms with Crippen molar-refractivity contribution in [3.05, 3.63) is 12.2 Å². The van der Waals surface area contributed by atoms with E-state index in [2.05, 4.69) is 13.5 Å². The van der Waals surface area contributed by atoms with Gasteiger partial charge in [-0.05, 0) is 56.4 Å². The van der Waals surface area contributed by atoms with E-state index in [1.165, 1.54) is 0 Å². The summed E-state index contributed by atoms with van der Waals surface area (Å²) in [4.78, 5) is 4.74. The zero-order chi connectivity index (χ0) is 13.5. The van der Waals surface area contributed by atoms with Crippen LogP contribution < -0.4 is 0 Å². The van der Waals surface area contributed by atoms with Gasteiger partial charge in [0.1, 0.15) is 6.10 Å². The molecule has 104 valence electrons. The van der Waals surface area contributed by atoms with Gasteiger partial charge >= 0.3 is 0 Å². The third-order valence-corrected chi connectivity index (χ3v) is 5.19. The van der Waals surface area contributed by atoms with Crippen LogP contribution in [0.5, 0.6) is 0 Å². The van der Waals surface area contributed by atoms with Gasteiger partial charge in [0.15, 0.2) is 0 Å². The van der Waals surface area contributed by atoms with Crippen LogP contribution in [0.1, 0.15) is 46.5 Å². The van der Waals surface area contributed by atoms with E-state index in [0.29, 0.717) is 11.8 Å². The number of hydrogen-bond donors (Lipinski definition) is 2. The summed E-state index contributed by atoms with van der Waals surface area (Å²) >= 11 is 0. The van der Waals surface area contributed by atoms with Gasteiger partial charge in [0.05, 0.1) is 5.60 Å². The lowest BCUT2D eigenvalue weighted by molar-refractivity contribution is -0.299. The largest absolute Gasteiger partial charge is 0.390 e. The summed E-state index contributed by atoms with van der Waals surface area (Å²) in [6, 6.07) is 0. The molecule has 0 amide bonds. The van der Waals surface area contributed by atoms with Crippen LogP contribution in [-0.4, -0.2) is 22.1 Å². The predicted molar refractivity (Wildman–Crippen MR) is 71.0 cm³/mol. The van der Waals surface area contributed by atoms with Crippen LogP contribution >= 0.6 is 0 Å². The first-order valence-corrected chi connectivity index (χ1v) is 7.06. The van der Waals surface area contributed by atoms with Crippen LogP contribution in [0.25, 0.3) is 0 Å². The molecule has 2 aliphatic carbocycles. The van der Waals surface area contributed by atoms with Crippen molar-refractivity contribution >= 4 is 0 Å². The highest BCUT2D eigenvalue weighted by atomic mass is 17.1. The van der Waals surface area contributed by atoms with Gasteiger partial charge in [0.2, 0.25) is 0 Å². The predicted octanol–water partition coefficient (Wildman–Crippen LogP) is 3.24. The van der Waals surface area contributed by atoms with Gasteiger partial charge in [0.25, 0.3) is 0 Å². The molecule has 2 aliphatic rings. The lowest BCUT2D eigenvalue weighted by Gasteiger charge is -2.51. The molecule has 0 bridgehead atoms. The molecule has 0 heterocycles. The minimum atomic E-state index is -0.725. The van der Waals surface area contributed by atoms with Crippen LogP contribution in [-0.2, 0) is 4.89 Å². The van der Waals surface area contributed by atoms with Gasteiger partial charge in [-0.15, -0.1) is 0 Å². The molecule has 0 aromatic heterocycles. The van der Waals surface area contributed by atoms with E-state index < -0.39 is 5.60 Å². The first-order valence-electron chi connectivity index (χ1n) is 7.06. The lowest BCUT2D eigenvalue weighted by atomic mass is 9.56. The Bertz CT molecular complexity index is 318. The molecule has 0 spiro atoms. The minimum Gasteiger partial charge on any atom is -0.390 e. The summed E-state index contributed by atoms with van der Waals surface area (Å²) in [7, 11) is 0. The van der Waals surface area contributed by atoms with Crippen LogP contribution in [0.4, 0.5) is 0 Å². The maximum atomic E-state index is 10.4. The fourth-order valence-corrected chi connectivity index (χ4v) is 4.17. The van der Waals surface area contributed by atoms with E-state index in [4.69, 9.17) is 4.89 Å². The Hall–Kier alpha value is -0.380. The Labute approximate surface area is 110 Å².